The van der Waals surface area contributed by atoms with E-state index in [2.05, 4.69) is 16.3 Å². The summed E-state index contributed by atoms with van der Waals surface area (Å²) < 4.78 is 15.6. The van der Waals surface area contributed by atoms with Gasteiger partial charge in [-0.1, -0.05) is 24.6 Å². The number of nitrogens with zero attached hydrogens (tertiary/aromatic N) is 4. The van der Waals surface area contributed by atoms with Gasteiger partial charge in [0.2, 0.25) is 0 Å². The van der Waals surface area contributed by atoms with E-state index in [9.17, 15) is 14.4 Å². The standard InChI is InChI=1S/C18H19FN4O/c19-15-7-4-3-6-13(15)9-10-16(24)14(12-20)18-22-21-17-8-2-1-5-11-23(17)18/h3-4,6-7,14H,1-2,5,8-11H2/t14-/m0/s1. The number of aryl methyl sites for hydroxylation is 2. The molecule has 1 aliphatic heterocycles. The molecular weight excluding hydrogens is 307 g/mol. The van der Waals surface area contributed by atoms with Gasteiger partial charge in [0.15, 0.2) is 17.5 Å². The normalized spacial score (nSPS) is 15.2. The number of fused-ring (bicyclic) bond motifs is 1. The van der Waals surface area contributed by atoms with Crippen molar-refractivity contribution in [2.75, 3.05) is 0 Å². The van der Waals surface area contributed by atoms with Crippen molar-refractivity contribution in [2.24, 2.45) is 0 Å². The topological polar surface area (TPSA) is 71.6 Å². The number of aromatic nitrogens is 3. The predicted octanol–water partition coefficient (Wildman–Crippen LogP) is 2.95. The van der Waals surface area contributed by atoms with Crippen LogP contribution in [0.5, 0.6) is 0 Å². The van der Waals surface area contributed by atoms with Crippen LogP contribution in [0.3, 0.4) is 0 Å². The Bertz CT molecular complexity index is 778. The maximum atomic E-state index is 13.7. The van der Waals surface area contributed by atoms with Crippen LogP contribution in [-0.2, 0) is 24.2 Å². The predicted molar refractivity (Wildman–Crippen MR) is 85.7 cm³/mol. The van der Waals surface area contributed by atoms with E-state index >= 15 is 0 Å². The minimum atomic E-state index is -0.934. The molecule has 0 saturated heterocycles. The number of rotatable bonds is 5. The molecule has 2 aromatic rings. The van der Waals surface area contributed by atoms with E-state index in [1.807, 2.05) is 4.57 Å². The van der Waals surface area contributed by atoms with E-state index in [0.717, 1.165) is 38.1 Å². The second-order valence-electron chi connectivity index (χ2n) is 6.06. The zero-order chi connectivity index (χ0) is 16.9. The van der Waals surface area contributed by atoms with Crippen LogP contribution in [-0.4, -0.2) is 20.5 Å². The molecule has 1 atom stereocenters. The zero-order valence-corrected chi connectivity index (χ0v) is 13.4. The van der Waals surface area contributed by atoms with Crippen LogP contribution in [0.2, 0.25) is 0 Å². The Balaban J connectivity index is 1.75. The summed E-state index contributed by atoms with van der Waals surface area (Å²) in [5, 5.41) is 17.7. The molecule has 1 aliphatic rings. The fraction of sp³-hybridized carbons (Fsp3) is 0.444. The molecule has 0 aliphatic carbocycles. The van der Waals surface area contributed by atoms with Crippen LogP contribution in [0.15, 0.2) is 24.3 Å². The molecular formula is C18H19FN4O. The number of halogens is 1. The van der Waals surface area contributed by atoms with Gasteiger partial charge in [-0.2, -0.15) is 5.26 Å². The molecule has 0 unspecified atom stereocenters. The van der Waals surface area contributed by atoms with Crippen molar-refractivity contribution in [1.82, 2.24) is 14.8 Å². The second-order valence-corrected chi connectivity index (χ2v) is 6.06. The maximum Gasteiger partial charge on any atom is 0.164 e. The first-order chi connectivity index (χ1) is 11.7. The van der Waals surface area contributed by atoms with Gasteiger partial charge in [-0.25, -0.2) is 4.39 Å². The Labute approximate surface area is 140 Å². The quantitative estimate of drug-likeness (QED) is 0.847. The van der Waals surface area contributed by atoms with Crippen molar-refractivity contribution in [2.45, 2.75) is 51.0 Å². The minimum absolute atomic E-state index is 0.112. The molecule has 0 fully saturated rings. The average Bonchev–Trinajstić information content (AvgIpc) is 2.83. The summed E-state index contributed by atoms with van der Waals surface area (Å²) in [6.45, 7) is 0.746. The summed E-state index contributed by atoms with van der Waals surface area (Å²) in [6, 6.07) is 8.45. The number of hydrogen-bond donors (Lipinski definition) is 0. The summed E-state index contributed by atoms with van der Waals surface area (Å²) in [4.78, 5) is 12.5. The van der Waals surface area contributed by atoms with Gasteiger partial charge in [-0.05, 0) is 30.9 Å². The van der Waals surface area contributed by atoms with Crippen molar-refractivity contribution < 1.29 is 9.18 Å². The Morgan fingerprint density at radius 2 is 2.12 bits per heavy atom. The number of hydrogen-bond acceptors (Lipinski definition) is 4. The fourth-order valence-corrected chi connectivity index (χ4v) is 3.10. The van der Waals surface area contributed by atoms with E-state index in [0.29, 0.717) is 11.4 Å². The monoisotopic (exact) mass is 326 g/mol. The molecule has 0 saturated carbocycles. The minimum Gasteiger partial charge on any atom is -0.313 e. The lowest BCUT2D eigenvalue weighted by Crippen LogP contribution is -2.18. The molecule has 0 amide bonds. The SMILES string of the molecule is N#C[C@@H](C(=O)CCc1ccccc1F)c1nnc2n1CCCCC2. The molecule has 3 rings (SSSR count). The molecule has 1 aromatic carbocycles. The van der Waals surface area contributed by atoms with Crippen LogP contribution in [0.25, 0.3) is 0 Å². The van der Waals surface area contributed by atoms with Gasteiger partial charge in [0, 0.05) is 19.4 Å². The van der Waals surface area contributed by atoms with Crippen molar-refractivity contribution in [3.63, 3.8) is 0 Å². The Hall–Kier alpha value is -2.55. The lowest BCUT2D eigenvalue weighted by molar-refractivity contribution is -0.119. The largest absolute Gasteiger partial charge is 0.313 e. The first-order valence-electron chi connectivity index (χ1n) is 8.28. The van der Waals surface area contributed by atoms with Crippen molar-refractivity contribution in [3.8, 4) is 6.07 Å². The number of Topliss-reactive ketones (excluding diaryl/α,β-unsaturated/α-hetero) is 1. The third-order valence-corrected chi connectivity index (χ3v) is 4.45. The van der Waals surface area contributed by atoms with Crippen LogP contribution in [0, 0.1) is 17.1 Å². The smallest absolute Gasteiger partial charge is 0.164 e. The van der Waals surface area contributed by atoms with Crippen LogP contribution < -0.4 is 0 Å². The van der Waals surface area contributed by atoms with Gasteiger partial charge < -0.3 is 4.57 Å². The van der Waals surface area contributed by atoms with Gasteiger partial charge in [0.25, 0.3) is 0 Å². The summed E-state index contributed by atoms with van der Waals surface area (Å²) in [5.41, 5.74) is 0.489. The van der Waals surface area contributed by atoms with E-state index in [4.69, 9.17) is 0 Å². The molecule has 1 aromatic heterocycles. The summed E-state index contributed by atoms with van der Waals surface area (Å²) in [6.07, 6.45) is 4.39. The summed E-state index contributed by atoms with van der Waals surface area (Å²) >= 11 is 0. The fourth-order valence-electron chi connectivity index (χ4n) is 3.10. The molecule has 0 radical (unpaired) electrons. The lowest BCUT2D eigenvalue weighted by Gasteiger charge is -2.11. The van der Waals surface area contributed by atoms with Gasteiger partial charge in [0.05, 0.1) is 6.07 Å². The number of nitriles is 1. The first kappa shape index (κ1) is 16.3. The highest BCUT2D eigenvalue weighted by molar-refractivity contribution is 5.87. The number of carbonyl (C=O) groups excluding carboxylic acids is 1. The molecule has 6 heteroatoms. The van der Waals surface area contributed by atoms with Crippen LogP contribution in [0.4, 0.5) is 4.39 Å². The number of carbonyl (C=O) groups is 1. The van der Waals surface area contributed by atoms with Crippen LogP contribution >= 0.6 is 0 Å². The van der Waals surface area contributed by atoms with Gasteiger partial charge >= 0.3 is 0 Å². The van der Waals surface area contributed by atoms with Gasteiger partial charge in [-0.15, -0.1) is 10.2 Å². The van der Waals surface area contributed by atoms with Gasteiger partial charge in [-0.3, -0.25) is 4.79 Å². The zero-order valence-electron chi connectivity index (χ0n) is 13.4. The third kappa shape index (κ3) is 3.35. The molecule has 0 N–H and O–H groups in total. The highest BCUT2D eigenvalue weighted by Crippen LogP contribution is 2.22. The molecule has 0 spiro atoms. The Morgan fingerprint density at radius 3 is 2.92 bits per heavy atom. The summed E-state index contributed by atoms with van der Waals surface area (Å²) in [7, 11) is 0. The van der Waals surface area contributed by atoms with Crippen LogP contribution in [0.1, 0.15) is 48.8 Å². The van der Waals surface area contributed by atoms with Gasteiger partial charge in [0.1, 0.15) is 11.6 Å². The molecule has 5 nitrogen and oxygen atoms in total. The molecule has 124 valence electrons. The van der Waals surface area contributed by atoms with E-state index in [1.165, 1.54) is 6.07 Å². The number of ketones is 1. The second kappa shape index (κ2) is 7.35. The molecule has 24 heavy (non-hydrogen) atoms. The van der Waals surface area contributed by atoms with Crippen molar-refractivity contribution in [1.29, 1.82) is 5.26 Å². The van der Waals surface area contributed by atoms with Crippen molar-refractivity contribution >= 4 is 5.78 Å². The molecule has 0 bridgehead atoms. The van der Waals surface area contributed by atoms with Crippen molar-refractivity contribution in [3.05, 3.63) is 47.3 Å². The van der Waals surface area contributed by atoms with E-state index < -0.39 is 5.92 Å². The average molecular weight is 326 g/mol. The lowest BCUT2D eigenvalue weighted by atomic mass is 9.98. The Kier molecular flexibility index (Phi) is 4.99. The number of benzene rings is 1. The highest BCUT2D eigenvalue weighted by Gasteiger charge is 2.27. The highest BCUT2D eigenvalue weighted by atomic mass is 19.1. The summed E-state index contributed by atoms with van der Waals surface area (Å²) in [5.74, 6) is -0.205. The Morgan fingerprint density at radius 1 is 1.29 bits per heavy atom. The van der Waals surface area contributed by atoms with E-state index in [1.54, 1.807) is 18.2 Å². The maximum absolute atomic E-state index is 13.7. The third-order valence-electron chi connectivity index (χ3n) is 4.45. The molecule has 2 heterocycles. The van der Waals surface area contributed by atoms with E-state index in [-0.39, 0.29) is 24.4 Å². The first-order valence-corrected chi connectivity index (χ1v) is 8.28.